The summed E-state index contributed by atoms with van der Waals surface area (Å²) in [6.07, 6.45) is 5.96. The van der Waals surface area contributed by atoms with Crippen LogP contribution >= 0.6 is 11.6 Å². The van der Waals surface area contributed by atoms with Gasteiger partial charge in [-0.15, -0.1) is 0 Å². The van der Waals surface area contributed by atoms with E-state index in [9.17, 15) is 18.0 Å². The number of carbonyl (C=O) groups is 2. The number of halogens is 1. The van der Waals surface area contributed by atoms with E-state index in [1.54, 1.807) is 23.4 Å². The third-order valence-electron chi connectivity index (χ3n) is 7.48. The van der Waals surface area contributed by atoms with Crippen molar-refractivity contribution in [2.24, 2.45) is 5.92 Å². The number of sulfonamides is 1. The summed E-state index contributed by atoms with van der Waals surface area (Å²) in [6.45, 7) is 0.488. The number of fused-ring (bicyclic) bond motifs is 3. The predicted octanol–water partition coefficient (Wildman–Crippen LogP) is 3.09. The molecule has 3 heterocycles. The van der Waals surface area contributed by atoms with Gasteiger partial charge in [-0.05, 0) is 48.9 Å². The Balaban J connectivity index is 1.41. The van der Waals surface area contributed by atoms with Crippen molar-refractivity contribution in [1.82, 2.24) is 14.6 Å². The van der Waals surface area contributed by atoms with Crippen LogP contribution in [-0.4, -0.2) is 55.7 Å². The molecule has 6 rings (SSSR count). The number of aromatic nitrogens is 1. The van der Waals surface area contributed by atoms with Gasteiger partial charge in [-0.3, -0.25) is 14.6 Å². The van der Waals surface area contributed by atoms with Gasteiger partial charge in [0.25, 0.3) is 0 Å². The molecule has 1 saturated heterocycles. The number of benzene rings is 2. The van der Waals surface area contributed by atoms with E-state index in [1.807, 2.05) is 24.3 Å². The van der Waals surface area contributed by atoms with E-state index in [-0.39, 0.29) is 29.8 Å². The van der Waals surface area contributed by atoms with E-state index < -0.39 is 15.4 Å². The van der Waals surface area contributed by atoms with E-state index >= 15 is 0 Å². The topological polar surface area (TPSA) is 99.7 Å². The first-order valence-electron chi connectivity index (χ1n) is 12.0. The molecule has 2 amide bonds. The number of pyridine rings is 1. The first-order valence-corrected chi connectivity index (χ1v) is 13.8. The summed E-state index contributed by atoms with van der Waals surface area (Å²) in [7, 11) is -3.99. The van der Waals surface area contributed by atoms with Gasteiger partial charge in [-0.2, -0.15) is 4.31 Å². The van der Waals surface area contributed by atoms with Crippen LogP contribution in [0.15, 0.2) is 59.8 Å². The molecule has 1 saturated carbocycles. The summed E-state index contributed by atoms with van der Waals surface area (Å²) in [5.74, 6) is -0.110. The Labute approximate surface area is 214 Å². The first kappa shape index (κ1) is 23.4. The van der Waals surface area contributed by atoms with Crippen molar-refractivity contribution in [2.45, 2.75) is 29.6 Å². The van der Waals surface area contributed by atoms with Crippen molar-refractivity contribution in [3.63, 3.8) is 0 Å². The van der Waals surface area contributed by atoms with E-state index in [0.29, 0.717) is 41.7 Å². The van der Waals surface area contributed by atoms with Gasteiger partial charge in [-0.1, -0.05) is 35.9 Å². The number of carbonyl (C=O) groups excluding carboxylic acids is 2. The summed E-state index contributed by atoms with van der Waals surface area (Å²) in [4.78, 5) is 32.9. The van der Waals surface area contributed by atoms with Crippen molar-refractivity contribution >= 4 is 49.9 Å². The van der Waals surface area contributed by atoms with Crippen LogP contribution in [0.2, 0.25) is 5.02 Å². The van der Waals surface area contributed by atoms with Gasteiger partial charge in [0.2, 0.25) is 21.8 Å². The molecule has 1 unspecified atom stereocenters. The second kappa shape index (κ2) is 8.54. The normalized spacial score (nSPS) is 23.2. The molecular weight excluding hydrogens is 500 g/mol. The number of anilines is 1. The predicted molar refractivity (Wildman–Crippen MR) is 136 cm³/mol. The molecule has 1 N–H and O–H groups in total. The zero-order valence-electron chi connectivity index (χ0n) is 19.5. The molecular formula is C26H25ClN4O4S. The summed E-state index contributed by atoms with van der Waals surface area (Å²) in [5, 5.41) is 5.00. The number of nitrogens with zero attached hydrogens (tertiary/aromatic N) is 3. The first-order chi connectivity index (χ1) is 17.3. The Kier molecular flexibility index (Phi) is 5.55. The molecule has 36 heavy (non-hydrogen) atoms. The Morgan fingerprint density at radius 2 is 1.97 bits per heavy atom. The third kappa shape index (κ3) is 3.77. The number of amides is 2. The number of hydrogen-bond donors (Lipinski definition) is 1. The molecule has 3 aliphatic rings. The van der Waals surface area contributed by atoms with E-state index in [2.05, 4.69) is 10.3 Å². The van der Waals surface area contributed by atoms with Crippen molar-refractivity contribution in [2.75, 3.05) is 31.1 Å². The second-order valence-electron chi connectivity index (χ2n) is 9.83. The molecule has 1 atom stereocenters. The molecule has 2 fully saturated rings. The summed E-state index contributed by atoms with van der Waals surface area (Å²) in [6, 6.07) is 12.2. The van der Waals surface area contributed by atoms with Crippen LogP contribution in [0.25, 0.3) is 10.8 Å². The minimum Gasteiger partial charge on any atom is -0.355 e. The van der Waals surface area contributed by atoms with Crippen LogP contribution in [0.4, 0.5) is 5.69 Å². The van der Waals surface area contributed by atoms with Crippen LogP contribution in [0.1, 0.15) is 24.8 Å². The lowest BCUT2D eigenvalue weighted by molar-refractivity contribution is -0.124. The third-order valence-corrected chi connectivity index (χ3v) is 9.57. The van der Waals surface area contributed by atoms with Crippen LogP contribution in [0.5, 0.6) is 0 Å². The van der Waals surface area contributed by atoms with Gasteiger partial charge >= 0.3 is 0 Å². The standard InChI is InChI=1S/C26H25ClN4O4S/c27-19-7-8-23-21(11-19)26(16-30(36(23,34)35)15-24(32)29-12-17-5-6-17)9-10-31(25(26)33)22-14-28-13-18-3-1-2-4-20(18)22/h1-4,7-8,11,13-14,17H,5-6,9-10,12,15-16H2,(H,29,32). The summed E-state index contributed by atoms with van der Waals surface area (Å²) < 4.78 is 28.2. The van der Waals surface area contributed by atoms with Crippen molar-refractivity contribution < 1.29 is 18.0 Å². The lowest BCUT2D eigenvalue weighted by Crippen LogP contribution is -2.55. The minimum absolute atomic E-state index is 0.0272. The van der Waals surface area contributed by atoms with Crippen molar-refractivity contribution in [1.29, 1.82) is 0 Å². The number of nitrogens with one attached hydrogen (secondary N) is 1. The zero-order chi connectivity index (χ0) is 25.1. The molecule has 8 nitrogen and oxygen atoms in total. The molecule has 1 aliphatic carbocycles. The molecule has 1 spiro atoms. The Hall–Kier alpha value is -3.01. The highest BCUT2D eigenvalue weighted by molar-refractivity contribution is 7.89. The Bertz CT molecular complexity index is 1500. The highest BCUT2D eigenvalue weighted by Crippen LogP contribution is 2.47. The van der Waals surface area contributed by atoms with Gasteiger partial charge in [0.1, 0.15) is 0 Å². The van der Waals surface area contributed by atoms with Crippen molar-refractivity contribution in [3.05, 3.63) is 65.4 Å². The van der Waals surface area contributed by atoms with Gasteiger partial charge in [-0.25, -0.2) is 8.42 Å². The highest BCUT2D eigenvalue weighted by Gasteiger charge is 2.56. The average molecular weight is 525 g/mol. The Morgan fingerprint density at radius 3 is 2.78 bits per heavy atom. The molecule has 2 aliphatic heterocycles. The summed E-state index contributed by atoms with van der Waals surface area (Å²) in [5.41, 5.74) is -0.0785. The molecule has 3 aromatic rings. The van der Waals surface area contributed by atoms with Crippen LogP contribution < -0.4 is 10.2 Å². The molecule has 2 aromatic carbocycles. The fraction of sp³-hybridized carbons (Fsp3) is 0.346. The average Bonchev–Trinajstić information content (AvgIpc) is 3.64. The maximum absolute atomic E-state index is 14.2. The minimum atomic E-state index is -3.99. The largest absolute Gasteiger partial charge is 0.355 e. The van der Waals surface area contributed by atoms with E-state index in [4.69, 9.17) is 11.6 Å². The molecule has 0 bridgehead atoms. The maximum Gasteiger partial charge on any atom is 0.243 e. The second-order valence-corrected chi connectivity index (χ2v) is 12.2. The van der Waals surface area contributed by atoms with Crippen molar-refractivity contribution in [3.8, 4) is 0 Å². The fourth-order valence-electron chi connectivity index (χ4n) is 5.36. The highest BCUT2D eigenvalue weighted by atomic mass is 35.5. The van der Waals surface area contributed by atoms with Gasteiger partial charge in [0.15, 0.2) is 0 Å². The molecule has 1 aromatic heterocycles. The lowest BCUT2D eigenvalue weighted by Gasteiger charge is -2.39. The van der Waals surface area contributed by atoms with E-state index in [0.717, 1.165) is 27.9 Å². The summed E-state index contributed by atoms with van der Waals surface area (Å²) >= 11 is 6.30. The van der Waals surface area contributed by atoms with Crippen LogP contribution in [0.3, 0.4) is 0 Å². The van der Waals surface area contributed by atoms with E-state index in [1.165, 1.54) is 12.1 Å². The maximum atomic E-state index is 14.2. The van der Waals surface area contributed by atoms with Gasteiger partial charge in [0, 0.05) is 41.6 Å². The number of hydrogen-bond acceptors (Lipinski definition) is 5. The zero-order valence-corrected chi connectivity index (χ0v) is 21.1. The number of rotatable bonds is 5. The molecule has 10 heteroatoms. The Morgan fingerprint density at radius 1 is 1.17 bits per heavy atom. The van der Waals surface area contributed by atoms with Gasteiger partial charge in [0.05, 0.1) is 28.7 Å². The quantitative estimate of drug-likeness (QED) is 0.553. The smallest absolute Gasteiger partial charge is 0.243 e. The molecule has 0 radical (unpaired) electrons. The molecule has 186 valence electrons. The SMILES string of the molecule is O=C(CN1CC2(CCN(c3cncc4ccccc34)C2=O)c2cc(Cl)ccc2S1(=O)=O)NCC1CC1. The van der Waals surface area contributed by atoms with Gasteiger partial charge < -0.3 is 10.2 Å². The van der Waals surface area contributed by atoms with Crippen LogP contribution in [-0.2, 0) is 25.0 Å². The fourth-order valence-corrected chi connectivity index (χ4v) is 7.26. The monoisotopic (exact) mass is 524 g/mol. The lowest BCUT2D eigenvalue weighted by atomic mass is 9.78. The van der Waals surface area contributed by atoms with Crippen LogP contribution in [0, 0.1) is 5.92 Å².